The van der Waals surface area contributed by atoms with Gasteiger partial charge in [-0.15, -0.1) is 0 Å². The minimum atomic E-state index is -0.369. The number of rotatable bonds is 7. The van der Waals surface area contributed by atoms with Crippen LogP contribution in [0.1, 0.15) is 22.3 Å². The third-order valence-corrected chi connectivity index (χ3v) is 15.4. The molecule has 4 nitrogen and oxygen atoms in total. The van der Waals surface area contributed by atoms with Crippen molar-refractivity contribution in [3.63, 3.8) is 0 Å². The summed E-state index contributed by atoms with van der Waals surface area (Å²) in [6, 6.07) is 93.4. The van der Waals surface area contributed by atoms with E-state index in [1.165, 1.54) is 50.1 Å². The highest BCUT2D eigenvalue weighted by molar-refractivity contribution is 6.13. The van der Waals surface area contributed by atoms with E-state index in [-0.39, 0.29) is 5.41 Å². The topological polar surface area (TPSA) is 51.8 Å². The van der Waals surface area contributed by atoms with Crippen LogP contribution in [0, 0.1) is 0 Å². The fourth-order valence-electron chi connectivity index (χ4n) is 12.1. The van der Waals surface area contributed by atoms with Gasteiger partial charge in [-0.3, -0.25) is 0 Å². The summed E-state index contributed by atoms with van der Waals surface area (Å²) >= 11 is 0. The van der Waals surface area contributed by atoms with E-state index in [4.69, 9.17) is 19.4 Å². The van der Waals surface area contributed by atoms with E-state index in [1.807, 2.05) is 30.3 Å². The monoisotopic (exact) mass is 941 g/mol. The number of aromatic nitrogens is 3. The van der Waals surface area contributed by atoms with E-state index in [9.17, 15) is 0 Å². The van der Waals surface area contributed by atoms with Gasteiger partial charge in [0, 0.05) is 27.5 Å². The first-order valence-corrected chi connectivity index (χ1v) is 25.2. The van der Waals surface area contributed by atoms with Crippen molar-refractivity contribution in [1.29, 1.82) is 0 Å². The summed E-state index contributed by atoms with van der Waals surface area (Å²) in [6.45, 7) is 0. The van der Waals surface area contributed by atoms with Gasteiger partial charge in [0.25, 0.3) is 0 Å². The molecule has 15 rings (SSSR count). The highest BCUT2D eigenvalue weighted by Gasteiger charge is 2.51. The first kappa shape index (κ1) is 42.0. The SMILES string of the molecule is c1ccc(-c2ccc(-c3nc(-c4ccccc4-c4ccccc4)nc(-c4cccc5oc6ccc(-c7cccc(-c8ccc9c(c8)-c8ccccc8C98c9ccccc9-c9ccccc98)c7)cc6c45)n3)cc2)cc1. The summed E-state index contributed by atoms with van der Waals surface area (Å²) in [6.07, 6.45) is 0. The lowest BCUT2D eigenvalue weighted by atomic mass is 9.70. The molecule has 0 N–H and O–H groups in total. The number of benzene rings is 11. The lowest BCUT2D eigenvalue weighted by Gasteiger charge is -2.30. The standard InChI is InChI=1S/C70H43N3O/c1-3-17-44(18-4-1)45-33-35-47(36-34-45)67-71-68(56-27-8-7-23-52(56)46-19-5-2-6-20-46)73-69(72-67)57-28-16-32-65-66(57)59-43-51(38-40-64(59)74-65)49-22-15-21-48(41-49)50-37-39-63-58(42-50)55-26-11-14-31-62(55)70(63)60-29-12-9-24-53(60)54-25-10-13-30-61(54)70/h1-43H. The molecule has 0 amide bonds. The minimum absolute atomic E-state index is 0.369. The predicted molar refractivity (Wildman–Crippen MR) is 301 cm³/mol. The number of nitrogens with zero attached hydrogens (tertiary/aromatic N) is 3. The van der Waals surface area contributed by atoms with Crippen molar-refractivity contribution in [2.24, 2.45) is 0 Å². The second-order valence-electron chi connectivity index (χ2n) is 19.4. The first-order chi connectivity index (χ1) is 36.7. The van der Waals surface area contributed by atoms with Gasteiger partial charge in [0.05, 0.1) is 5.41 Å². The van der Waals surface area contributed by atoms with E-state index in [0.29, 0.717) is 17.5 Å². The summed E-state index contributed by atoms with van der Waals surface area (Å²) in [5, 5.41) is 1.95. The van der Waals surface area contributed by atoms with Gasteiger partial charge in [-0.25, -0.2) is 15.0 Å². The number of fused-ring (bicyclic) bond motifs is 13. The average molecular weight is 942 g/mol. The highest BCUT2D eigenvalue weighted by atomic mass is 16.3. The Hall–Kier alpha value is -9.77. The predicted octanol–water partition coefficient (Wildman–Crippen LogP) is 17.8. The van der Waals surface area contributed by atoms with E-state index < -0.39 is 0 Å². The molecular formula is C70H43N3O. The van der Waals surface area contributed by atoms with Crippen LogP contribution in [0.3, 0.4) is 0 Å². The second kappa shape index (κ2) is 16.7. The van der Waals surface area contributed by atoms with Crippen molar-refractivity contribution in [3.05, 3.63) is 283 Å². The molecule has 0 unspecified atom stereocenters. The number of furan rings is 1. The molecular weight excluding hydrogens is 899 g/mol. The van der Waals surface area contributed by atoms with Crippen LogP contribution in [0.5, 0.6) is 0 Å². The molecule has 2 heterocycles. The van der Waals surface area contributed by atoms with E-state index in [1.54, 1.807) is 0 Å². The van der Waals surface area contributed by atoms with E-state index in [0.717, 1.165) is 77.6 Å². The maximum atomic E-state index is 6.64. The maximum Gasteiger partial charge on any atom is 0.164 e. The summed E-state index contributed by atoms with van der Waals surface area (Å²) < 4.78 is 6.64. The highest BCUT2D eigenvalue weighted by Crippen LogP contribution is 2.63. The Morgan fingerprint density at radius 2 is 0.676 bits per heavy atom. The quantitative estimate of drug-likeness (QED) is 0.160. The molecule has 0 radical (unpaired) electrons. The molecule has 74 heavy (non-hydrogen) atoms. The lowest BCUT2D eigenvalue weighted by molar-refractivity contribution is 0.669. The molecule has 0 bridgehead atoms. The zero-order chi connectivity index (χ0) is 48.7. The van der Waals surface area contributed by atoms with Gasteiger partial charge >= 0.3 is 0 Å². The van der Waals surface area contributed by atoms with Crippen LogP contribution in [0.25, 0.3) is 123 Å². The number of hydrogen-bond donors (Lipinski definition) is 0. The van der Waals surface area contributed by atoms with Gasteiger partial charge in [0.1, 0.15) is 11.2 Å². The van der Waals surface area contributed by atoms with Gasteiger partial charge in [0.2, 0.25) is 0 Å². The van der Waals surface area contributed by atoms with Crippen molar-refractivity contribution in [2.75, 3.05) is 0 Å². The van der Waals surface area contributed by atoms with Gasteiger partial charge in [-0.1, -0.05) is 231 Å². The van der Waals surface area contributed by atoms with Crippen molar-refractivity contribution >= 4 is 21.9 Å². The molecule has 2 aliphatic rings. The Morgan fingerprint density at radius 1 is 0.243 bits per heavy atom. The molecule has 13 aromatic rings. The zero-order valence-electron chi connectivity index (χ0n) is 40.1. The van der Waals surface area contributed by atoms with Crippen LogP contribution < -0.4 is 0 Å². The Bertz CT molecular complexity index is 4320. The Labute approximate surface area is 428 Å². The lowest BCUT2D eigenvalue weighted by Crippen LogP contribution is -2.25. The molecule has 0 fully saturated rings. The molecule has 2 aliphatic carbocycles. The van der Waals surface area contributed by atoms with Crippen LogP contribution in [-0.4, -0.2) is 15.0 Å². The summed E-state index contributed by atoms with van der Waals surface area (Å²) in [5.41, 5.74) is 23.5. The molecule has 1 spiro atoms. The first-order valence-electron chi connectivity index (χ1n) is 25.2. The average Bonchev–Trinajstić information content (AvgIpc) is 4.14. The van der Waals surface area contributed by atoms with Crippen molar-refractivity contribution in [1.82, 2.24) is 15.0 Å². The van der Waals surface area contributed by atoms with Gasteiger partial charge < -0.3 is 4.42 Å². The third-order valence-electron chi connectivity index (χ3n) is 15.4. The maximum absolute atomic E-state index is 6.64. The Morgan fingerprint density at radius 3 is 1.35 bits per heavy atom. The zero-order valence-corrected chi connectivity index (χ0v) is 40.1. The molecule has 0 aliphatic heterocycles. The molecule has 4 heteroatoms. The summed E-state index contributed by atoms with van der Waals surface area (Å²) in [4.78, 5) is 15.8. The van der Waals surface area contributed by atoms with Crippen LogP contribution in [-0.2, 0) is 5.41 Å². The molecule has 344 valence electrons. The van der Waals surface area contributed by atoms with Crippen LogP contribution in [0.15, 0.2) is 265 Å². The normalized spacial score (nSPS) is 12.7. The number of hydrogen-bond acceptors (Lipinski definition) is 4. The molecule has 0 atom stereocenters. The molecule has 0 saturated heterocycles. The van der Waals surface area contributed by atoms with Crippen molar-refractivity contribution in [3.8, 4) is 101 Å². The molecule has 11 aromatic carbocycles. The van der Waals surface area contributed by atoms with Gasteiger partial charge in [0.15, 0.2) is 17.5 Å². The second-order valence-corrected chi connectivity index (χ2v) is 19.4. The van der Waals surface area contributed by atoms with Crippen LogP contribution >= 0.6 is 0 Å². The van der Waals surface area contributed by atoms with Crippen molar-refractivity contribution in [2.45, 2.75) is 5.41 Å². The fraction of sp³-hybridized carbons (Fsp3) is 0.0143. The fourth-order valence-corrected chi connectivity index (χ4v) is 12.1. The summed E-state index contributed by atoms with van der Waals surface area (Å²) in [5.74, 6) is 1.77. The van der Waals surface area contributed by atoms with Crippen molar-refractivity contribution < 1.29 is 4.42 Å². The smallest absolute Gasteiger partial charge is 0.164 e. The molecule has 0 saturated carbocycles. The van der Waals surface area contributed by atoms with Crippen LogP contribution in [0.2, 0.25) is 0 Å². The Balaban J connectivity index is 0.850. The van der Waals surface area contributed by atoms with Gasteiger partial charge in [-0.2, -0.15) is 0 Å². The Kier molecular flexibility index (Phi) is 9.45. The summed E-state index contributed by atoms with van der Waals surface area (Å²) in [7, 11) is 0. The van der Waals surface area contributed by atoms with Crippen LogP contribution in [0.4, 0.5) is 0 Å². The van der Waals surface area contributed by atoms with E-state index >= 15 is 0 Å². The van der Waals surface area contributed by atoms with E-state index in [2.05, 4.69) is 231 Å². The van der Waals surface area contributed by atoms with Gasteiger partial charge in [-0.05, 0) is 119 Å². The minimum Gasteiger partial charge on any atom is -0.456 e. The molecule has 2 aromatic heterocycles. The largest absolute Gasteiger partial charge is 0.456 e. The third kappa shape index (κ3) is 6.45.